The van der Waals surface area contributed by atoms with Crippen molar-refractivity contribution in [3.63, 3.8) is 0 Å². The van der Waals surface area contributed by atoms with Crippen LogP contribution in [0.3, 0.4) is 0 Å². The van der Waals surface area contributed by atoms with E-state index in [9.17, 15) is 9.59 Å². The number of esters is 1. The van der Waals surface area contributed by atoms with Crippen LogP contribution in [0.2, 0.25) is 0 Å². The maximum absolute atomic E-state index is 13.0. The monoisotopic (exact) mass is 459 g/mol. The van der Waals surface area contributed by atoms with Crippen LogP contribution in [0.4, 0.5) is 4.79 Å². The van der Waals surface area contributed by atoms with Crippen LogP contribution in [0.15, 0.2) is 96.0 Å². The van der Waals surface area contributed by atoms with Crippen LogP contribution in [-0.4, -0.2) is 36.6 Å². The minimum atomic E-state index is -1.17. The second-order valence-electron chi connectivity index (χ2n) is 8.59. The summed E-state index contributed by atoms with van der Waals surface area (Å²) in [6, 6.07) is 26.8. The lowest BCUT2D eigenvalue weighted by molar-refractivity contribution is -0.145. The molecule has 3 rings (SSSR count). The molecular weight excluding hydrogens is 430 g/mol. The molecule has 176 valence electrons. The van der Waals surface area contributed by atoms with Crippen molar-refractivity contribution in [3.8, 4) is 0 Å². The summed E-state index contributed by atoms with van der Waals surface area (Å²) in [6.07, 6.45) is -1.96. The molecule has 0 aliphatic rings. The second-order valence-corrected chi connectivity index (χ2v) is 8.59. The molecule has 0 amide bonds. The van der Waals surface area contributed by atoms with Crippen LogP contribution in [0, 0.1) is 0 Å². The van der Waals surface area contributed by atoms with Crippen molar-refractivity contribution in [1.82, 2.24) is 0 Å². The van der Waals surface area contributed by atoms with Gasteiger partial charge in [-0.05, 0) is 26.3 Å². The van der Waals surface area contributed by atoms with Crippen molar-refractivity contribution in [3.05, 3.63) is 108 Å². The fourth-order valence-electron chi connectivity index (χ4n) is 3.35. The van der Waals surface area contributed by atoms with E-state index in [0.29, 0.717) is 11.3 Å². The van der Waals surface area contributed by atoms with E-state index in [-0.39, 0.29) is 0 Å². The van der Waals surface area contributed by atoms with Gasteiger partial charge in [0.05, 0.1) is 12.8 Å². The number of ether oxygens (including phenoxy) is 3. The van der Waals surface area contributed by atoms with Gasteiger partial charge in [0.25, 0.3) is 0 Å². The number of hydrogen-bond donors (Lipinski definition) is 0. The molecule has 34 heavy (non-hydrogen) atoms. The SMILES string of the molecule is COC(=O)[C@H](N=C(c1ccccc1)c1ccccc1)[C@@H](OC(=O)OC(C)(C)C)c1ccccc1. The van der Waals surface area contributed by atoms with Crippen LogP contribution in [0.25, 0.3) is 0 Å². The van der Waals surface area contributed by atoms with Gasteiger partial charge in [0.15, 0.2) is 12.1 Å². The Hall–Kier alpha value is -3.93. The second kappa shape index (κ2) is 11.3. The minimum absolute atomic E-state index is 0.574. The fraction of sp³-hybridized carbons (Fsp3) is 0.250. The first-order valence-electron chi connectivity index (χ1n) is 11.0. The van der Waals surface area contributed by atoms with E-state index >= 15 is 0 Å². The zero-order valence-corrected chi connectivity index (χ0v) is 19.8. The lowest BCUT2D eigenvalue weighted by atomic mass is 9.99. The van der Waals surface area contributed by atoms with Crippen LogP contribution in [-0.2, 0) is 19.0 Å². The molecule has 0 unspecified atom stereocenters. The standard InChI is InChI=1S/C28H29NO5/c1-28(2,3)34-27(31)33-25(22-18-12-7-13-19-22)24(26(30)32-4)29-23(20-14-8-5-9-15-20)21-16-10-6-11-17-21/h5-19,24-25H,1-4H3/t24-,25+/m1/s1. The van der Waals surface area contributed by atoms with Crippen molar-refractivity contribution in [1.29, 1.82) is 0 Å². The molecule has 0 bridgehead atoms. The predicted octanol–water partition coefficient (Wildman–Crippen LogP) is 5.76. The Kier molecular flexibility index (Phi) is 8.19. The van der Waals surface area contributed by atoms with Gasteiger partial charge in [0.2, 0.25) is 0 Å². The molecule has 0 aliphatic carbocycles. The Bertz CT molecular complexity index is 1060. The molecule has 3 aromatic rings. The summed E-state index contributed by atoms with van der Waals surface area (Å²) in [7, 11) is 1.28. The number of carbonyl (C=O) groups is 2. The van der Waals surface area contributed by atoms with E-state index in [0.717, 1.165) is 11.1 Å². The maximum Gasteiger partial charge on any atom is 0.509 e. The number of methoxy groups -OCH3 is 1. The number of rotatable bonds is 7. The van der Waals surface area contributed by atoms with Crippen LogP contribution < -0.4 is 0 Å². The number of hydrogen-bond acceptors (Lipinski definition) is 6. The molecule has 0 fully saturated rings. The Morgan fingerprint density at radius 1 is 0.765 bits per heavy atom. The highest BCUT2D eigenvalue weighted by Gasteiger charge is 2.35. The normalized spacial score (nSPS) is 12.7. The zero-order valence-electron chi connectivity index (χ0n) is 19.8. The van der Waals surface area contributed by atoms with Crippen LogP contribution in [0.5, 0.6) is 0 Å². The van der Waals surface area contributed by atoms with Crippen molar-refractivity contribution >= 4 is 17.8 Å². The van der Waals surface area contributed by atoms with Crippen molar-refractivity contribution in [2.24, 2.45) is 4.99 Å². The topological polar surface area (TPSA) is 74.2 Å². The Morgan fingerprint density at radius 2 is 1.24 bits per heavy atom. The number of carbonyl (C=O) groups excluding carboxylic acids is 2. The average molecular weight is 460 g/mol. The highest BCUT2D eigenvalue weighted by molar-refractivity contribution is 6.13. The van der Waals surface area contributed by atoms with Gasteiger partial charge in [-0.2, -0.15) is 0 Å². The van der Waals surface area contributed by atoms with E-state index in [4.69, 9.17) is 19.2 Å². The summed E-state index contributed by atoms with van der Waals surface area (Å²) < 4.78 is 16.2. The largest absolute Gasteiger partial charge is 0.509 e. The Morgan fingerprint density at radius 3 is 1.68 bits per heavy atom. The van der Waals surface area contributed by atoms with Crippen molar-refractivity contribution < 1.29 is 23.8 Å². The molecule has 6 nitrogen and oxygen atoms in total. The summed E-state index contributed by atoms with van der Waals surface area (Å²) in [5, 5.41) is 0. The summed E-state index contributed by atoms with van der Waals surface area (Å²) in [6.45, 7) is 5.22. The third kappa shape index (κ3) is 6.78. The van der Waals surface area contributed by atoms with Gasteiger partial charge < -0.3 is 14.2 Å². The molecular formula is C28H29NO5. The molecule has 0 spiro atoms. The quantitative estimate of drug-likeness (QED) is 0.332. The van der Waals surface area contributed by atoms with Crippen LogP contribution >= 0.6 is 0 Å². The highest BCUT2D eigenvalue weighted by Crippen LogP contribution is 2.28. The van der Waals surface area contributed by atoms with Gasteiger partial charge in [0.1, 0.15) is 5.60 Å². The third-order valence-electron chi connectivity index (χ3n) is 4.83. The molecule has 2 atom stereocenters. The number of aliphatic imine (C=N–C) groups is 1. The highest BCUT2D eigenvalue weighted by atomic mass is 16.7. The summed E-state index contributed by atoms with van der Waals surface area (Å²) in [5.41, 5.74) is 2.03. The number of benzene rings is 3. The van der Waals surface area contributed by atoms with E-state index in [1.54, 1.807) is 45.0 Å². The zero-order chi connectivity index (χ0) is 24.6. The van der Waals surface area contributed by atoms with Gasteiger partial charge in [-0.3, -0.25) is 4.99 Å². The maximum atomic E-state index is 13.0. The van der Waals surface area contributed by atoms with Gasteiger partial charge in [0, 0.05) is 11.1 Å². The molecule has 0 aliphatic heterocycles. The third-order valence-corrected chi connectivity index (χ3v) is 4.83. The summed E-state index contributed by atoms with van der Waals surface area (Å²) in [4.78, 5) is 30.5. The van der Waals surface area contributed by atoms with Crippen molar-refractivity contribution in [2.75, 3.05) is 7.11 Å². The molecule has 6 heteroatoms. The first-order valence-corrected chi connectivity index (χ1v) is 11.0. The minimum Gasteiger partial charge on any atom is -0.467 e. The van der Waals surface area contributed by atoms with Gasteiger partial charge in [-0.15, -0.1) is 0 Å². The van der Waals surface area contributed by atoms with Gasteiger partial charge in [-0.25, -0.2) is 9.59 Å². The fourth-order valence-corrected chi connectivity index (χ4v) is 3.35. The van der Waals surface area contributed by atoms with E-state index in [1.165, 1.54) is 7.11 Å². The van der Waals surface area contributed by atoms with Crippen molar-refractivity contribution in [2.45, 2.75) is 38.5 Å². The lowest BCUT2D eigenvalue weighted by Crippen LogP contribution is -2.34. The first-order chi connectivity index (χ1) is 16.3. The van der Waals surface area contributed by atoms with Gasteiger partial charge >= 0.3 is 12.1 Å². The van der Waals surface area contributed by atoms with Crippen LogP contribution in [0.1, 0.15) is 43.6 Å². The Labute approximate surface area is 200 Å². The molecule has 3 aromatic carbocycles. The van der Waals surface area contributed by atoms with E-state index in [2.05, 4.69) is 0 Å². The molecule has 0 N–H and O–H groups in total. The van der Waals surface area contributed by atoms with Gasteiger partial charge in [-0.1, -0.05) is 91.0 Å². The number of nitrogens with zero attached hydrogens (tertiary/aromatic N) is 1. The first kappa shape index (κ1) is 24.7. The molecule has 0 saturated carbocycles. The van der Waals surface area contributed by atoms with E-state index < -0.39 is 29.9 Å². The predicted molar refractivity (Wildman–Crippen MR) is 131 cm³/mol. The molecule has 0 saturated heterocycles. The Balaban J connectivity index is 2.14. The van der Waals surface area contributed by atoms with E-state index in [1.807, 2.05) is 66.7 Å². The average Bonchev–Trinajstić information content (AvgIpc) is 2.84. The lowest BCUT2D eigenvalue weighted by Gasteiger charge is -2.26. The molecule has 0 heterocycles. The molecule has 0 aromatic heterocycles. The smallest absolute Gasteiger partial charge is 0.467 e. The molecule has 0 radical (unpaired) electrons. The summed E-state index contributed by atoms with van der Waals surface area (Å²) in [5.74, 6) is -0.637. The summed E-state index contributed by atoms with van der Waals surface area (Å²) >= 11 is 0.